The molecule has 2 nitrogen and oxygen atoms in total. The molecule has 0 amide bonds. The Hall–Kier alpha value is -0.890. The standard InChI is InChI=1S/C14H19ClO2/c1-2-3-12(15)6-4-11-5-7-13-14(10-11)17-9-8-16-13/h5,7,10,12H,2-4,6,8-9H2,1H3. The molecule has 3 heteroatoms. The van der Waals surface area contributed by atoms with Gasteiger partial charge in [0.1, 0.15) is 13.2 Å². The first-order chi connectivity index (χ1) is 8.29. The maximum absolute atomic E-state index is 6.22. The molecule has 0 radical (unpaired) electrons. The molecule has 2 rings (SSSR count). The Morgan fingerprint density at radius 1 is 1.18 bits per heavy atom. The number of benzene rings is 1. The first-order valence-electron chi connectivity index (χ1n) is 6.32. The first-order valence-corrected chi connectivity index (χ1v) is 6.76. The fraction of sp³-hybridized carbons (Fsp3) is 0.571. The number of halogens is 1. The number of hydrogen-bond donors (Lipinski definition) is 0. The number of fused-ring (bicyclic) bond motifs is 1. The third kappa shape index (κ3) is 3.53. The first kappa shape index (κ1) is 12.6. The molecule has 0 spiro atoms. The lowest BCUT2D eigenvalue weighted by molar-refractivity contribution is 0.171. The third-order valence-electron chi connectivity index (χ3n) is 2.95. The van der Waals surface area contributed by atoms with Crippen molar-refractivity contribution in [2.45, 2.75) is 38.0 Å². The van der Waals surface area contributed by atoms with Crippen molar-refractivity contribution in [1.82, 2.24) is 0 Å². The number of alkyl halides is 1. The second-order valence-electron chi connectivity index (χ2n) is 4.40. The molecule has 0 bridgehead atoms. The second kappa shape index (κ2) is 6.15. The summed E-state index contributed by atoms with van der Waals surface area (Å²) in [5.74, 6) is 1.73. The molecule has 0 saturated carbocycles. The molecule has 1 aromatic rings. The minimum absolute atomic E-state index is 0.285. The van der Waals surface area contributed by atoms with Gasteiger partial charge in [-0.3, -0.25) is 0 Å². The van der Waals surface area contributed by atoms with Crippen LogP contribution in [-0.4, -0.2) is 18.6 Å². The van der Waals surface area contributed by atoms with Crippen LogP contribution in [0.5, 0.6) is 11.5 Å². The molecule has 0 aliphatic carbocycles. The summed E-state index contributed by atoms with van der Waals surface area (Å²) in [5, 5.41) is 0.285. The topological polar surface area (TPSA) is 18.5 Å². The SMILES string of the molecule is CCCC(Cl)CCc1ccc2c(c1)OCCO2. The summed E-state index contributed by atoms with van der Waals surface area (Å²) in [4.78, 5) is 0. The third-order valence-corrected chi connectivity index (χ3v) is 3.39. The monoisotopic (exact) mass is 254 g/mol. The van der Waals surface area contributed by atoms with Crippen LogP contribution in [0.25, 0.3) is 0 Å². The van der Waals surface area contributed by atoms with E-state index < -0.39 is 0 Å². The highest BCUT2D eigenvalue weighted by atomic mass is 35.5. The van der Waals surface area contributed by atoms with E-state index in [1.54, 1.807) is 0 Å². The number of aryl methyl sites for hydroxylation is 1. The number of ether oxygens (including phenoxy) is 2. The van der Waals surface area contributed by atoms with Gasteiger partial charge in [0.25, 0.3) is 0 Å². The van der Waals surface area contributed by atoms with Crippen molar-refractivity contribution in [1.29, 1.82) is 0 Å². The maximum atomic E-state index is 6.22. The smallest absolute Gasteiger partial charge is 0.161 e. The number of rotatable bonds is 5. The lowest BCUT2D eigenvalue weighted by Gasteiger charge is -2.19. The average molecular weight is 255 g/mol. The van der Waals surface area contributed by atoms with E-state index in [1.165, 1.54) is 5.56 Å². The van der Waals surface area contributed by atoms with Gasteiger partial charge in [-0.25, -0.2) is 0 Å². The van der Waals surface area contributed by atoms with Crippen molar-refractivity contribution in [3.63, 3.8) is 0 Å². The van der Waals surface area contributed by atoms with Gasteiger partial charge in [-0.1, -0.05) is 19.4 Å². The van der Waals surface area contributed by atoms with Gasteiger partial charge in [0, 0.05) is 5.38 Å². The molecule has 94 valence electrons. The quantitative estimate of drug-likeness (QED) is 0.744. The molecule has 17 heavy (non-hydrogen) atoms. The Bertz CT molecular complexity index is 365. The molecule has 1 aliphatic heterocycles. The molecule has 1 heterocycles. The Morgan fingerprint density at radius 3 is 2.71 bits per heavy atom. The van der Waals surface area contributed by atoms with E-state index in [-0.39, 0.29) is 5.38 Å². The average Bonchev–Trinajstić information content (AvgIpc) is 2.36. The van der Waals surface area contributed by atoms with Crippen molar-refractivity contribution in [3.8, 4) is 11.5 Å². The van der Waals surface area contributed by atoms with E-state index >= 15 is 0 Å². The Labute approximate surface area is 108 Å². The lowest BCUT2D eigenvalue weighted by atomic mass is 10.1. The molecule has 1 aliphatic rings. The largest absolute Gasteiger partial charge is 0.486 e. The van der Waals surface area contributed by atoms with Crippen LogP contribution < -0.4 is 9.47 Å². The molecule has 1 unspecified atom stereocenters. The molecular formula is C14H19ClO2. The van der Waals surface area contributed by atoms with Gasteiger partial charge in [0.05, 0.1) is 0 Å². The summed E-state index contributed by atoms with van der Waals surface area (Å²) in [6.45, 7) is 3.45. The zero-order valence-corrected chi connectivity index (χ0v) is 11.0. The number of hydrogen-bond acceptors (Lipinski definition) is 2. The molecular weight excluding hydrogens is 236 g/mol. The van der Waals surface area contributed by atoms with Gasteiger partial charge in [-0.15, -0.1) is 11.6 Å². The summed E-state index contributed by atoms with van der Waals surface area (Å²) in [6, 6.07) is 6.17. The lowest BCUT2D eigenvalue weighted by Crippen LogP contribution is -2.15. The van der Waals surface area contributed by atoms with E-state index in [0.29, 0.717) is 13.2 Å². The summed E-state index contributed by atoms with van der Waals surface area (Å²) in [7, 11) is 0. The Balaban J connectivity index is 1.93. The molecule has 1 aromatic carbocycles. The van der Waals surface area contributed by atoms with E-state index in [0.717, 1.165) is 37.2 Å². The van der Waals surface area contributed by atoms with Crippen molar-refractivity contribution in [2.75, 3.05) is 13.2 Å². The second-order valence-corrected chi connectivity index (χ2v) is 5.02. The summed E-state index contributed by atoms with van der Waals surface area (Å²) in [6.07, 6.45) is 4.27. The predicted molar refractivity (Wildman–Crippen MR) is 70.3 cm³/mol. The summed E-state index contributed by atoms with van der Waals surface area (Å²) >= 11 is 6.22. The van der Waals surface area contributed by atoms with Crippen LogP contribution in [0.4, 0.5) is 0 Å². The summed E-state index contributed by atoms with van der Waals surface area (Å²) in [5.41, 5.74) is 1.27. The molecule has 0 aromatic heterocycles. The zero-order chi connectivity index (χ0) is 12.1. The van der Waals surface area contributed by atoms with Crippen LogP contribution in [0.3, 0.4) is 0 Å². The van der Waals surface area contributed by atoms with Crippen LogP contribution in [0.1, 0.15) is 31.7 Å². The van der Waals surface area contributed by atoms with Crippen LogP contribution in [-0.2, 0) is 6.42 Å². The molecule has 0 fully saturated rings. The van der Waals surface area contributed by atoms with Crippen molar-refractivity contribution in [3.05, 3.63) is 23.8 Å². The van der Waals surface area contributed by atoms with Crippen molar-refractivity contribution in [2.24, 2.45) is 0 Å². The van der Waals surface area contributed by atoms with Gasteiger partial charge in [-0.2, -0.15) is 0 Å². The van der Waals surface area contributed by atoms with Gasteiger partial charge in [0.2, 0.25) is 0 Å². The van der Waals surface area contributed by atoms with Crippen LogP contribution in [0, 0.1) is 0 Å². The minimum atomic E-state index is 0.285. The van der Waals surface area contributed by atoms with E-state index in [9.17, 15) is 0 Å². The predicted octanol–water partition coefficient (Wildman–Crippen LogP) is 3.80. The highest BCUT2D eigenvalue weighted by Crippen LogP contribution is 2.31. The van der Waals surface area contributed by atoms with Gasteiger partial charge < -0.3 is 9.47 Å². The van der Waals surface area contributed by atoms with Gasteiger partial charge in [0.15, 0.2) is 11.5 Å². The maximum Gasteiger partial charge on any atom is 0.161 e. The molecule has 0 saturated heterocycles. The fourth-order valence-corrected chi connectivity index (χ4v) is 2.35. The van der Waals surface area contributed by atoms with Crippen molar-refractivity contribution < 1.29 is 9.47 Å². The molecule has 1 atom stereocenters. The van der Waals surface area contributed by atoms with E-state index in [2.05, 4.69) is 19.1 Å². The zero-order valence-electron chi connectivity index (χ0n) is 10.2. The highest BCUT2D eigenvalue weighted by molar-refractivity contribution is 6.20. The fourth-order valence-electron chi connectivity index (χ4n) is 2.02. The van der Waals surface area contributed by atoms with E-state index in [1.807, 2.05) is 6.07 Å². The van der Waals surface area contributed by atoms with E-state index in [4.69, 9.17) is 21.1 Å². The Morgan fingerprint density at radius 2 is 1.94 bits per heavy atom. The molecule has 0 N–H and O–H groups in total. The normalized spacial score (nSPS) is 15.6. The van der Waals surface area contributed by atoms with Crippen molar-refractivity contribution >= 4 is 11.6 Å². The van der Waals surface area contributed by atoms with Gasteiger partial charge in [-0.05, 0) is 37.0 Å². The van der Waals surface area contributed by atoms with Gasteiger partial charge >= 0.3 is 0 Å². The summed E-state index contributed by atoms with van der Waals surface area (Å²) < 4.78 is 11.1. The van der Waals surface area contributed by atoms with Crippen LogP contribution in [0.15, 0.2) is 18.2 Å². The van der Waals surface area contributed by atoms with Crippen LogP contribution >= 0.6 is 11.6 Å². The minimum Gasteiger partial charge on any atom is -0.486 e. The Kier molecular flexibility index (Phi) is 4.55. The highest BCUT2D eigenvalue weighted by Gasteiger charge is 2.12. The van der Waals surface area contributed by atoms with Crippen LogP contribution in [0.2, 0.25) is 0 Å².